The number of benzene rings is 3. The van der Waals surface area contributed by atoms with E-state index in [1.165, 1.54) is 11.1 Å². The summed E-state index contributed by atoms with van der Waals surface area (Å²) in [5, 5.41) is 8.66. The van der Waals surface area contributed by atoms with Crippen LogP contribution in [0.5, 0.6) is 0 Å². The van der Waals surface area contributed by atoms with Crippen LogP contribution >= 0.6 is 0 Å². The second-order valence-electron chi connectivity index (χ2n) is 10.1. The van der Waals surface area contributed by atoms with Gasteiger partial charge in [-0.05, 0) is 91.3 Å². The molecule has 4 aromatic rings. The summed E-state index contributed by atoms with van der Waals surface area (Å²) >= 11 is 0. The molecule has 1 aliphatic heterocycles. The molecule has 3 aromatic carbocycles. The normalized spacial score (nSPS) is 14.0. The zero-order chi connectivity index (χ0) is 26.3. The van der Waals surface area contributed by atoms with Gasteiger partial charge in [-0.1, -0.05) is 35.5 Å². The lowest BCUT2D eigenvalue weighted by Gasteiger charge is -2.30. The molecule has 7 heteroatoms. The van der Waals surface area contributed by atoms with Crippen molar-refractivity contribution in [1.29, 1.82) is 0 Å². The maximum atomic E-state index is 13.3. The molecule has 190 valence electrons. The van der Waals surface area contributed by atoms with Gasteiger partial charge in [0.05, 0.1) is 5.52 Å². The highest BCUT2D eigenvalue weighted by Gasteiger charge is 2.26. The summed E-state index contributed by atoms with van der Waals surface area (Å²) < 4.78 is 1.87. The molecule has 1 aromatic heterocycles. The number of nitrogens with zero attached hydrogens (tertiary/aromatic N) is 4. The molecule has 0 radical (unpaired) electrons. The zero-order valence-corrected chi connectivity index (χ0v) is 21.9. The molecule has 0 aliphatic carbocycles. The van der Waals surface area contributed by atoms with Crippen LogP contribution < -0.4 is 5.73 Å². The van der Waals surface area contributed by atoms with Crippen molar-refractivity contribution in [2.75, 3.05) is 6.54 Å². The number of primary amides is 1. The van der Waals surface area contributed by atoms with Gasteiger partial charge in [0.15, 0.2) is 0 Å². The molecule has 0 unspecified atom stereocenters. The molecule has 1 aliphatic rings. The van der Waals surface area contributed by atoms with Crippen molar-refractivity contribution in [3.63, 3.8) is 0 Å². The maximum absolute atomic E-state index is 13.3. The molecule has 5 rings (SSSR count). The number of nitrogens with two attached hydrogens (primary N) is 1. The lowest BCUT2D eigenvalue weighted by molar-refractivity contribution is -0.118. The average molecular weight is 496 g/mol. The first-order chi connectivity index (χ1) is 17.8. The van der Waals surface area contributed by atoms with Gasteiger partial charge in [-0.25, -0.2) is 4.68 Å². The summed E-state index contributed by atoms with van der Waals surface area (Å²) in [6.07, 6.45) is 0.996. The van der Waals surface area contributed by atoms with Crippen LogP contribution in [0.2, 0.25) is 0 Å². The number of fused-ring (bicyclic) bond motifs is 2. The van der Waals surface area contributed by atoms with Gasteiger partial charge >= 0.3 is 0 Å². The number of hydrogen-bond donors (Lipinski definition) is 1. The molecular formula is C30H33N5O2. The number of amides is 2. The highest BCUT2D eigenvalue weighted by Crippen LogP contribution is 2.35. The third kappa shape index (κ3) is 4.61. The van der Waals surface area contributed by atoms with Crippen LogP contribution in [-0.2, 0) is 24.3 Å². The fourth-order valence-electron chi connectivity index (χ4n) is 5.43. The molecule has 2 heterocycles. The van der Waals surface area contributed by atoms with Crippen LogP contribution in [0.15, 0.2) is 48.5 Å². The number of carbonyl (C=O) groups is 2. The summed E-state index contributed by atoms with van der Waals surface area (Å²) in [4.78, 5) is 27.4. The van der Waals surface area contributed by atoms with Crippen molar-refractivity contribution in [1.82, 2.24) is 19.9 Å². The summed E-state index contributed by atoms with van der Waals surface area (Å²) in [6.45, 7) is 10.1. The van der Waals surface area contributed by atoms with Crippen LogP contribution in [0, 0.1) is 20.8 Å². The van der Waals surface area contributed by atoms with E-state index in [0.29, 0.717) is 13.1 Å². The average Bonchev–Trinajstić information content (AvgIpc) is 3.32. The van der Waals surface area contributed by atoms with E-state index in [0.717, 1.165) is 57.4 Å². The third-order valence-corrected chi connectivity index (χ3v) is 7.75. The van der Waals surface area contributed by atoms with Gasteiger partial charge in [0, 0.05) is 37.5 Å². The monoisotopic (exact) mass is 495 g/mol. The Morgan fingerprint density at radius 2 is 1.81 bits per heavy atom. The number of rotatable bonds is 6. The highest BCUT2D eigenvalue weighted by atomic mass is 16.2. The van der Waals surface area contributed by atoms with Gasteiger partial charge < -0.3 is 10.6 Å². The Balaban J connectivity index is 1.49. The van der Waals surface area contributed by atoms with E-state index < -0.39 is 0 Å². The number of aryl methyl sites for hydroxylation is 4. The molecule has 2 amide bonds. The molecule has 0 saturated heterocycles. The fraction of sp³-hybridized carbons (Fsp3) is 0.333. The quantitative estimate of drug-likeness (QED) is 0.424. The predicted molar refractivity (Wildman–Crippen MR) is 144 cm³/mol. The second-order valence-corrected chi connectivity index (χ2v) is 10.1. The van der Waals surface area contributed by atoms with E-state index in [9.17, 15) is 9.59 Å². The van der Waals surface area contributed by atoms with Crippen molar-refractivity contribution in [2.24, 2.45) is 5.73 Å². The first kappa shape index (κ1) is 24.7. The highest BCUT2D eigenvalue weighted by molar-refractivity contribution is 5.94. The van der Waals surface area contributed by atoms with Gasteiger partial charge in [0.2, 0.25) is 5.91 Å². The van der Waals surface area contributed by atoms with Crippen LogP contribution in [0.3, 0.4) is 0 Å². The minimum atomic E-state index is -0.356. The lowest BCUT2D eigenvalue weighted by Crippen LogP contribution is -2.36. The van der Waals surface area contributed by atoms with Crippen molar-refractivity contribution in [3.05, 3.63) is 93.0 Å². The number of hydrogen-bond acceptors (Lipinski definition) is 4. The Kier molecular flexibility index (Phi) is 6.54. The molecule has 37 heavy (non-hydrogen) atoms. The minimum Gasteiger partial charge on any atom is -0.370 e. The van der Waals surface area contributed by atoms with E-state index in [1.54, 1.807) is 0 Å². The summed E-state index contributed by atoms with van der Waals surface area (Å²) in [6, 6.07) is 16.4. The zero-order valence-electron chi connectivity index (χ0n) is 21.9. The van der Waals surface area contributed by atoms with Crippen LogP contribution in [0.4, 0.5) is 0 Å². The van der Waals surface area contributed by atoms with E-state index in [-0.39, 0.29) is 24.2 Å². The second kappa shape index (κ2) is 9.81. The largest absolute Gasteiger partial charge is 0.370 e. The van der Waals surface area contributed by atoms with Crippen LogP contribution in [0.25, 0.3) is 11.0 Å². The SMILES string of the molecule is CCn1nnc2c(C)c([C@@H](CC(N)=O)c3ccc4c(c3)CN(C(=O)c3ccc(C)c(C)c3)CC4)ccc21. The van der Waals surface area contributed by atoms with Gasteiger partial charge in [-0.3, -0.25) is 9.59 Å². The molecule has 0 saturated carbocycles. The smallest absolute Gasteiger partial charge is 0.254 e. The standard InChI is InChI=1S/C30H33N5O2/c1-5-35-27-11-10-25(20(4)29(27)32-33-35)26(16-28(31)36)22-9-8-21-12-13-34(17-24(21)15-22)30(37)23-7-6-18(2)19(3)14-23/h6-11,14-15,26H,5,12-13,16-17H2,1-4H3,(H2,31,36)/t26-/m0/s1. The molecule has 0 fully saturated rings. The van der Waals surface area contributed by atoms with E-state index in [2.05, 4.69) is 41.5 Å². The maximum Gasteiger partial charge on any atom is 0.254 e. The van der Waals surface area contributed by atoms with Gasteiger partial charge in [-0.2, -0.15) is 0 Å². The van der Waals surface area contributed by atoms with Crippen molar-refractivity contribution >= 4 is 22.8 Å². The Morgan fingerprint density at radius 1 is 1.00 bits per heavy atom. The van der Waals surface area contributed by atoms with Crippen molar-refractivity contribution in [3.8, 4) is 0 Å². The van der Waals surface area contributed by atoms with Crippen molar-refractivity contribution < 1.29 is 9.59 Å². The van der Waals surface area contributed by atoms with Crippen molar-refractivity contribution in [2.45, 2.75) is 59.5 Å². The topological polar surface area (TPSA) is 94.1 Å². The first-order valence-corrected chi connectivity index (χ1v) is 12.9. The van der Waals surface area contributed by atoms with E-state index in [4.69, 9.17) is 5.73 Å². The Bertz CT molecular complexity index is 1520. The fourth-order valence-corrected chi connectivity index (χ4v) is 5.43. The Labute approximate surface area is 217 Å². The number of aromatic nitrogens is 3. The van der Waals surface area contributed by atoms with E-state index >= 15 is 0 Å². The molecule has 0 bridgehead atoms. The third-order valence-electron chi connectivity index (χ3n) is 7.75. The minimum absolute atomic E-state index is 0.0492. The lowest BCUT2D eigenvalue weighted by atomic mass is 9.83. The summed E-state index contributed by atoms with van der Waals surface area (Å²) in [7, 11) is 0. The van der Waals surface area contributed by atoms with Crippen LogP contribution in [-0.4, -0.2) is 38.3 Å². The Morgan fingerprint density at radius 3 is 2.54 bits per heavy atom. The van der Waals surface area contributed by atoms with Crippen LogP contribution in [0.1, 0.15) is 68.6 Å². The summed E-state index contributed by atoms with van der Waals surface area (Å²) in [5.41, 5.74) is 16.0. The molecule has 2 N–H and O–H groups in total. The van der Waals surface area contributed by atoms with Gasteiger partial charge in [0.25, 0.3) is 5.91 Å². The van der Waals surface area contributed by atoms with Gasteiger partial charge in [0.1, 0.15) is 5.52 Å². The van der Waals surface area contributed by atoms with Gasteiger partial charge in [-0.15, -0.1) is 5.10 Å². The molecule has 1 atom stereocenters. The predicted octanol–water partition coefficient (Wildman–Crippen LogP) is 4.58. The first-order valence-electron chi connectivity index (χ1n) is 12.9. The number of carbonyl (C=O) groups excluding carboxylic acids is 2. The Hall–Kier alpha value is -4.00. The molecular weight excluding hydrogens is 462 g/mol. The molecule has 0 spiro atoms. The summed E-state index contributed by atoms with van der Waals surface area (Å²) in [5.74, 6) is -0.510. The van der Waals surface area contributed by atoms with E-state index in [1.807, 2.05) is 54.6 Å². The molecule has 7 nitrogen and oxygen atoms in total.